The van der Waals surface area contributed by atoms with Crippen LogP contribution in [0, 0.1) is 0 Å². The summed E-state index contributed by atoms with van der Waals surface area (Å²) < 4.78 is 39.6. The zero-order valence-corrected chi connectivity index (χ0v) is 25.3. The molecule has 21 nitrogen and oxygen atoms in total. The van der Waals surface area contributed by atoms with Gasteiger partial charge in [0.25, 0.3) is 0 Å². The molecular formula is C26H45NO20. The molecule has 0 aliphatic carbocycles. The van der Waals surface area contributed by atoms with Gasteiger partial charge in [0.2, 0.25) is 5.91 Å². The molecule has 4 rings (SSSR count). The molecule has 4 aliphatic rings. The largest absolute Gasteiger partial charge is 0.394 e. The standard InChI is InChI=1S/C26H45NO20/c1-6-12(32)16(36)18(38)24(41-6)47-22-21(46-25-19(39)17(37)13(33)8(3-28)43-25)14(34)9(4-29)44-26(22)45-20-10(5-30)42-23(40)11(15(20)35)27-7(2)31/h6,8-26,28-30,32-40H,3-5H2,1-2H3,(H,27,31)/t6-,8+,9+,10+,11+,12+,13-,14-,15+,16+,17-,18-,19+,20-,21-,22+,23+,24-,25-,26-/m0/s1. The SMILES string of the molecule is CC(=O)N[C@@H]1[C@@H](O)[C@@H](O[C@@H]2O[C@H](CO)[C@H](O)[C@H](O[C@@H]3O[C@H](CO)[C@H](O)[C@H](O)[C@H]3O)[C@H]2O[C@@H]2O[C@@H](C)[C@@H](O)[C@@H](O)[C@@H]2O)[C@@H](CO)O[C@H]1O. The Balaban J connectivity index is 1.71. The highest BCUT2D eigenvalue weighted by molar-refractivity contribution is 5.73. The first-order chi connectivity index (χ1) is 22.1. The minimum Gasteiger partial charge on any atom is -0.394 e. The third-order valence-corrected chi connectivity index (χ3v) is 8.57. The van der Waals surface area contributed by atoms with E-state index in [2.05, 4.69) is 5.32 Å². The van der Waals surface area contributed by atoms with Crippen LogP contribution in [0.25, 0.3) is 0 Å². The van der Waals surface area contributed by atoms with Crippen LogP contribution in [-0.2, 0) is 38.0 Å². The Bertz CT molecular complexity index is 1010. The quantitative estimate of drug-likeness (QED) is 0.101. The summed E-state index contributed by atoms with van der Waals surface area (Å²) in [6.07, 6.45) is -33.1. The summed E-state index contributed by atoms with van der Waals surface area (Å²) in [6, 6.07) is -1.50. The highest BCUT2D eigenvalue weighted by Crippen LogP contribution is 2.35. The molecule has 0 unspecified atom stereocenters. The van der Waals surface area contributed by atoms with Gasteiger partial charge in [-0.05, 0) is 6.92 Å². The van der Waals surface area contributed by atoms with Crippen LogP contribution in [0.4, 0.5) is 0 Å². The predicted molar refractivity (Wildman–Crippen MR) is 144 cm³/mol. The Kier molecular flexibility index (Phi) is 13.2. The van der Waals surface area contributed by atoms with Crippen molar-refractivity contribution in [3.05, 3.63) is 0 Å². The van der Waals surface area contributed by atoms with Crippen LogP contribution in [0.15, 0.2) is 0 Å². The van der Waals surface area contributed by atoms with Gasteiger partial charge in [0, 0.05) is 6.92 Å². The van der Waals surface area contributed by atoms with Crippen molar-refractivity contribution in [3.8, 4) is 0 Å². The van der Waals surface area contributed by atoms with Crippen molar-refractivity contribution in [2.45, 2.75) is 137 Å². The van der Waals surface area contributed by atoms with Gasteiger partial charge in [-0.2, -0.15) is 0 Å². The lowest BCUT2D eigenvalue weighted by Gasteiger charge is -2.50. The number of aliphatic hydroxyl groups is 12. The van der Waals surface area contributed by atoms with Gasteiger partial charge >= 0.3 is 0 Å². The topological polar surface area (TPSA) is 336 Å². The van der Waals surface area contributed by atoms with E-state index < -0.39 is 148 Å². The lowest BCUT2D eigenvalue weighted by molar-refractivity contribution is -0.402. The van der Waals surface area contributed by atoms with Crippen LogP contribution >= 0.6 is 0 Å². The molecule has 0 saturated carbocycles. The number of aliphatic hydroxyl groups excluding tert-OH is 12. The first-order valence-electron chi connectivity index (χ1n) is 15.0. The molecule has 4 aliphatic heterocycles. The zero-order valence-electron chi connectivity index (χ0n) is 25.3. The third kappa shape index (κ3) is 8.04. The van der Waals surface area contributed by atoms with Crippen molar-refractivity contribution < 1.29 is 99.2 Å². The molecule has 4 saturated heterocycles. The van der Waals surface area contributed by atoms with Crippen LogP contribution in [0.5, 0.6) is 0 Å². The van der Waals surface area contributed by atoms with E-state index in [1.54, 1.807) is 0 Å². The van der Waals surface area contributed by atoms with Crippen LogP contribution in [-0.4, -0.2) is 210 Å². The average Bonchev–Trinajstić information content (AvgIpc) is 3.04. The fraction of sp³-hybridized carbons (Fsp3) is 0.962. The zero-order chi connectivity index (χ0) is 34.9. The van der Waals surface area contributed by atoms with Gasteiger partial charge in [-0.3, -0.25) is 4.79 Å². The van der Waals surface area contributed by atoms with E-state index in [0.29, 0.717) is 0 Å². The molecule has 0 radical (unpaired) electrons. The molecule has 20 atom stereocenters. The molecule has 0 spiro atoms. The molecule has 0 bridgehead atoms. The summed E-state index contributed by atoms with van der Waals surface area (Å²) in [5.74, 6) is -0.678. The van der Waals surface area contributed by atoms with Gasteiger partial charge in [0.1, 0.15) is 91.5 Å². The van der Waals surface area contributed by atoms with Gasteiger partial charge in [-0.15, -0.1) is 0 Å². The molecule has 0 aromatic rings. The number of rotatable bonds is 10. The number of amides is 1. The van der Waals surface area contributed by atoms with Crippen molar-refractivity contribution in [2.75, 3.05) is 19.8 Å². The molecule has 0 aromatic heterocycles. The van der Waals surface area contributed by atoms with Crippen molar-refractivity contribution >= 4 is 5.91 Å². The number of hydrogen-bond acceptors (Lipinski definition) is 20. The van der Waals surface area contributed by atoms with E-state index in [9.17, 15) is 66.1 Å². The van der Waals surface area contributed by atoms with Gasteiger partial charge in [-0.1, -0.05) is 0 Å². The molecule has 21 heteroatoms. The average molecular weight is 692 g/mol. The molecule has 47 heavy (non-hydrogen) atoms. The van der Waals surface area contributed by atoms with E-state index in [1.807, 2.05) is 0 Å². The lowest BCUT2D eigenvalue weighted by Crippen LogP contribution is -2.69. The molecule has 274 valence electrons. The lowest BCUT2D eigenvalue weighted by atomic mass is 9.94. The van der Waals surface area contributed by atoms with Crippen molar-refractivity contribution in [1.82, 2.24) is 5.32 Å². The minimum absolute atomic E-state index is 0.678. The van der Waals surface area contributed by atoms with E-state index in [1.165, 1.54) is 6.92 Å². The highest BCUT2D eigenvalue weighted by Gasteiger charge is 2.56. The van der Waals surface area contributed by atoms with E-state index in [0.717, 1.165) is 6.92 Å². The molecule has 13 N–H and O–H groups in total. The summed E-state index contributed by atoms with van der Waals surface area (Å²) >= 11 is 0. The highest BCUT2D eigenvalue weighted by atomic mass is 16.8. The normalized spacial score (nSPS) is 51.0. The van der Waals surface area contributed by atoms with E-state index in [4.69, 9.17) is 33.2 Å². The second kappa shape index (κ2) is 16.2. The smallest absolute Gasteiger partial charge is 0.217 e. The fourth-order valence-electron chi connectivity index (χ4n) is 5.86. The summed E-state index contributed by atoms with van der Waals surface area (Å²) in [5.41, 5.74) is 0. The van der Waals surface area contributed by atoms with Crippen LogP contribution < -0.4 is 5.32 Å². The summed E-state index contributed by atoms with van der Waals surface area (Å²) in [6.45, 7) is -0.164. The number of hydrogen-bond donors (Lipinski definition) is 13. The number of carbonyl (C=O) groups is 1. The van der Waals surface area contributed by atoms with Gasteiger partial charge in [-0.25, -0.2) is 0 Å². The first kappa shape index (κ1) is 38.5. The molecule has 4 heterocycles. The van der Waals surface area contributed by atoms with Crippen LogP contribution in [0.3, 0.4) is 0 Å². The molecule has 0 aromatic carbocycles. The summed E-state index contributed by atoms with van der Waals surface area (Å²) in [4.78, 5) is 11.7. The number of ether oxygens (including phenoxy) is 7. The number of nitrogens with one attached hydrogen (secondary N) is 1. The monoisotopic (exact) mass is 691 g/mol. The number of carbonyl (C=O) groups excluding carboxylic acids is 1. The fourth-order valence-corrected chi connectivity index (χ4v) is 5.86. The Hall–Kier alpha value is -1.29. The van der Waals surface area contributed by atoms with Crippen LogP contribution in [0.2, 0.25) is 0 Å². The Labute approximate surface area is 267 Å². The van der Waals surface area contributed by atoms with E-state index >= 15 is 0 Å². The van der Waals surface area contributed by atoms with Crippen molar-refractivity contribution in [2.24, 2.45) is 0 Å². The minimum atomic E-state index is -1.99. The molecular weight excluding hydrogens is 646 g/mol. The third-order valence-electron chi connectivity index (χ3n) is 8.57. The Morgan fingerprint density at radius 2 is 1.04 bits per heavy atom. The van der Waals surface area contributed by atoms with Crippen LogP contribution in [0.1, 0.15) is 13.8 Å². The Morgan fingerprint density at radius 3 is 1.62 bits per heavy atom. The van der Waals surface area contributed by atoms with Gasteiger partial charge in [0.15, 0.2) is 25.2 Å². The van der Waals surface area contributed by atoms with E-state index in [-0.39, 0.29) is 0 Å². The van der Waals surface area contributed by atoms with Gasteiger partial charge < -0.3 is 99.8 Å². The van der Waals surface area contributed by atoms with Gasteiger partial charge in [0.05, 0.1) is 25.9 Å². The summed E-state index contributed by atoms with van der Waals surface area (Å²) in [5, 5.41) is 127. The first-order valence-corrected chi connectivity index (χ1v) is 15.0. The maximum Gasteiger partial charge on any atom is 0.217 e. The second-order valence-electron chi connectivity index (χ2n) is 11.9. The maximum atomic E-state index is 11.7. The maximum absolute atomic E-state index is 11.7. The van der Waals surface area contributed by atoms with Crippen molar-refractivity contribution in [1.29, 1.82) is 0 Å². The second-order valence-corrected chi connectivity index (χ2v) is 11.9. The molecule has 4 fully saturated rings. The Morgan fingerprint density at radius 1 is 0.553 bits per heavy atom. The summed E-state index contributed by atoms with van der Waals surface area (Å²) in [7, 11) is 0. The predicted octanol–water partition coefficient (Wildman–Crippen LogP) is -8.58. The van der Waals surface area contributed by atoms with Crippen molar-refractivity contribution in [3.63, 3.8) is 0 Å². The molecule has 1 amide bonds.